The van der Waals surface area contributed by atoms with Crippen molar-refractivity contribution < 1.29 is 24.2 Å². The number of ether oxygens (including phenoxy) is 2. The number of allylic oxidation sites excluding steroid dienone is 10. The van der Waals surface area contributed by atoms with E-state index >= 15 is 0 Å². The van der Waals surface area contributed by atoms with E-state index in [0.717, 1.165) is 64.2 Å². The number of carbonyl (C=O) groups excluding carboxylic acids is 2. The van der Waals surface area contributed by atoms with Gasteiger partial charge >= 0.3 is 11.9 Å². The van der Waals surface area contributed by atoms with Crippen LogP contribution >= 0.6 is 0 Å². The Morgan fingerprint density at radius 2 is 0.551 bits per heavy atom. The van der Waals surface area contributed by atoms with Crippen molar-refractivity contribution in [2.45, 2.75) is 380 Å². The van der Waals surface area contributed by atoms with Crippen LogP contribution < -0.4 is 0 Å². The molecule has 0 aliphatic heterocycles. The predicted octanol–water partition coefficient (Wildman–Crippen LogP) is 24.1. The molecule has 0 aromatic rings. The molecule has 1 unspecified atom stereocenters. The van der Waals surface area contributed by atoms with Gasteiger partial charge in [-0.15, -0.1) is 0 Å². The molecule has 0 aromatic carbocycles. The van der Waals surface area contributed by atoms with Crippen molar-refractivity contribution in [1.82, 2.24) is 0 Å². The second-order valence-electron chi connectivity index (χ2n) is 23.6. The number of unbranched alkanes of at least 4 members (excludes halogenated alkanes) is 47. The maximum absolute atomic E-state index is 12.4. The van der Waals surface area contributed by atoms with Crippen molar-refractivity contribution >= 4 is 11.9 Å². The highest BCUT2D eigenvalue weighted by atomic mass is 16.6. The third-order valence-electron chi connectivity index (χ3n) is 15.8. The lowest BCUT2D eigenvalue weighted by molar-refractivity contribution is -0.161. The summed E-state index contributed by atoms with van der Waals surface area (Å²) in [5, 5.41) is 9.70. The molecule has 0 amide bonds. The minimum atomic E-state index is -0.770. The van der Waals surface area contributed by atoms with Crippen LogP contribution in [0.15, 0.2) is 60.8 Å². The first-order chi connectivity index (χ1) is 38.6. The van der Waals surface area contributed by atoms with Crippen LogP contribution in [-0.4, -0.2) is 36.4 Å². The molecule has 5 heteroatoms. The zero-order chi connectivity index (χ0) is 56.2. The van der Waals surface area contributed by atoms with Crippen LogP contribution in [0.25, 0.3) is 0 Å². The second-order valence-corrected chi connectivity index (χ2v) is 23.6. The highest BCUT2D eigenvalue weighted by Gasteiger charge is 2.16. The van der Waals surface area contributed by atoms with Gasteiger partial charge in [0.2, 0.25) is 0 Å². The SMILES string of the molecule is CC/C=C\C/C=C\C/C=C\C/C=C\C/C=C\CCCCCCCCCCCCCCCCCCCCCCCCCC(=O)OC(CO)COC(=O)CCCCCCCCCCCCCCCCCCCCCCCCCCC. The van der Waals surface area contributed by atoms with Crippen LogP contribution in [0, 0.1) is 0 Å². The van der Waals surface area contributed by atoms with E-state index in [1.54, 1.807) is 0 Å². The normalized spacial score (nSPS) is 12.5. The van der Waals surface area contributed by atoms with Crippen LogP contribution in [-0.2, 0) is 19.1 Å². The molecule has 1 atom stereocenters. The molecule has 0 radical (unpaired) electrons. The Labute approximate surface area is 487 Å². The molecule has 0 saturated carbocycles. The Kier molecular flexibility index (Phi) is 66.8. The molecule has 0 aliphatic rings. The monoisotopic (exact) mass is 1090 g/mol. The lowest BCUT2D eigenvalue weighted by Crippen LogP contribution is -2.28. The molecule has 0 spiro atoms. The maximum atomic E-state index is 12.4. The van der Waals surface area contributed by atoms with Gasteiger partial charge in [0, 0.05) is 12.8 Å². The minimum Gasteiger partial charge on any atom is -0.462 e. The van der Waals surface area contributed by atoms with Crippen molar-refractivity contribution in [2.24, 2.45) is 0 Å². The maximum Gasteiger partial charge on any atom is 0.306 e. The lowest BCUT2D eigenvalue weighted by Gasteiger charge is -2.15. The topological polar surface area (TPSA) is 72.8 Å². The average Bonchev–Trinajstić information content (AvgIpc) is 3.44. The fourth-order valence-electron chi connectivity index (χ4n) is 10.6. The predicted molar refractivity (Wildman–Crippen MR) is 344 cm³/mol. The smallest absolute Gasteiger partial charge is 0.306 e. The van der Waals surface area contributed by atoms with E-state index in [2.05, 4.69) is 74.6 Å². The first-order valence-corrected chi connectivity index (χ1v) is 34.8. The van der Waals surface area contributed by atoms with Gasteiger partial charge in [-0.25, -0.2) is 0 Å². The Bertz CT molecular complexity index is 1330. The van der Waals surface area contributed by atoms with Crippen molar-refractivity contribution in [3.63, 3.8) is 0 Å². The fourth-order valence-corrected chi connectivity index (χ4v) is 10.6. The van der Waals surface area contributed by atoms with Gasteiger partial charge in [-0.2, -0.15) is 0 Å². The van der Waals surface area contributed by atoms with E-state index in [0.29, 0.717) is 12.8 Å². The number of aliphatic hydroxyl groups is 1. The molecule has 1 N–H and O–H groups in total. The zero-order valence-electron chi connectivity index (χ0n) is 52.4. The third-order valence-corrected chi connectivity index (χ3v) is 15.8. The number of esters is 2. The van der Waals surface area contributed by atoms with Crippen LogP contribution in [0.5, 0.6) is 0 Å². The largest absolute Gasteiger partial charge is 0.462 e. The molecule has 78 heavy (non-hydrogen) atoms. The van der Waals surface area contributed by atoms with Crippen molar-refractivity contribution in [3.05, 3.63) is 60.8 Å². The van der Waals surface area contributed by atoms with Crippen molar-refractivity contribution in [2.75, 3.05) is 13.2 Å². The number of carbonyl (C=O) groups is 2. The van der Waals surface area contributed by atoms with Crippen LogP contribution in [0.2, 0.25) is 0 Å². The summed E-state index contributed by atoms with van der Waals surface area (Å²) in [7, 11) is 0. The van der Waals surface area contributed by atoms with Gasteiger partial charge in [0.15, 0.2) is 6.10 Å². The molecule has 5 nitrogen and oxygen atoms in total. The molecule has 456 valence electrons. The van der Waals surface area contributed by atoms with E-state index in [9.17, 15) is 14.7 Å². The highest BCUT2D eigenvalue weighted by molar-refractivity contribution is 5.70. The summed E-state index contributed by atoms with van der Waals surface area (Å²) in [4.78, 5) is 24.6. The van der Waals surface area contributed by atoms with Crippen LogP contribution in [0.3, 0.4) is 0 Å². The molecule has 0 fully saturated rings. The first kappa shape index (κ1) is 75.6. The van der Waals surface area contributed by atoms with Gasteiger partial charge in [-0.05, 0) is 57.8 Å². The standard InChI is InChI=1S/C73H134O5/c1-3-5-7-9-11-13-15-17-19-21-23-25-27-29-30-31-32-33-34-35-36-37-38-39-40-41-42-44-46-48-50-52-54-56-58-60-62-64-66-68-73(76)78-71(69-74)70-77-72(75)67-65-63-61-59-57-55-53-51-49-47-45-43-28-26-24-22-20-18-16-14-12-10-8-6-4-2/h5,7,11,13,17,19,23,25,29-30,71,74H,3-4,6,8-10,12,14-16,18,20-22,24,26-28,31-70H2,1-2H3/b7-5-,13-11-,19-17-,25-23-,30-29-. The van der Waals surface area contributed by atoms with Crippen LogP contribution in [0.4, 0.5) is 0 Å². The Hall–Kier alpha value is -2.40. The van der Waals surface area contributed by atoms with E-state index in [1.165, 1.54) is 283 Å². The summed E-state index contributed by atoms with van der Waals surface area (Å²) in [6.07, 6.45) is 94.0. The average molecular weight is 1090 g/mol. The Morgan fingerprint density at radius 1 is 0.308 bits per heavy atom. The molecule has 0 heterocycles. The van der Waals surface area contributed by atoms with Gasteiger partial charge in [-0.1, -0.05) is 364 Å². The molecule has 0 bridgehead atoms. The van der Waals surface area contributed by atoms with E-state index in [-0.39, 0.29) is 25.2 Å². The summed E-state index contributed by atoms with van der Waals surface area (Å²) >= 11 is 0. The second kappa shape index (κ2) is 68.9. The van der Waals surface area contributed by atoms with Gasteiger partial charge in [-0.3, -0.25) is 9.59 Å². The molecular weight excluding hydrogens is 957 g/mol. The number of rotatable bonds is 65. The molecule has 0 aromatic heterocycles. The number of aliphatic hydroxyl groups excluding tert-OH is 1. The number of hydrogen-bond donors (Lipinski definition) is 1. The third kappa shape index (κ3) is 66.1. The summed E-state index contributed by atoms with van der Waals surface area (Å²) in [5.74, 6) is -0.566. The number of hydrogen-bond acceptors (Lipinski definition) is 5. The minimum absolute atomic E-state index is 0.0592. The summed E-state index contributed by atoms with van der Waals surface area (Å²) in [6.45, 7) is 4.09. The van der Waals surface area contributed by atoms with Gasteiger partial charge < -0.3 is 14.6 Å². The van der Waals surface area contributed by atoms with E-state index in [1.807, 2.05) is 0 Å². The first-order valence-electron chi connectivity index (χ1n) is 34.8. The molecule has 0 aliphatic carbocycles. The quantitative estimate of drug-likeness (QED) is 0.0373. The Morgan fingerprint density at radius 3 is 0.833 bits per heavy atom. The van der Waals surface area contributed by atoms with Gasteiger partial charge in [0.05, 0.1) is 6.61 Å². The summed E-state index contributed by atoms with van der Waals surface area (Å²) in [5.41, 5.74) is 0. The van der Waals surface area contributed by atoms with E-state index < -0.39 is 6.10 Å². The molecular formula is C73H134O5. The van der Waals surface area contributed by atoms with Gasteiger partial charge in [0.25, 0.3) is 0 Å². The molecule has 0 rings (SSSR count). The zero-order valence-corrected chi connectivity index (χ0v) is 52.4. The highest BCUT2D eigenvalue weighted by Crippen LogP contribution is 2.19. The summed E-state index contributed by atoms with van der Waals surface area (Å²) in [6, 6.07) is 0. The van der Waals surface area contributed by atoms with Gasteiger partial charge in [0.1, 0.15) is 6.61 Å². The van der Waals surface area contributed by atoms with Crippen molar-refractivity contribution in [3.8, 4) is 0 Å². The van der Waals surface area contributed by atoms with E-state index in [4.69, 9.17) is 9.47 Å². The Balaban J connectivity index is 3.39. The summed E-state index contributed by atoms with van der Waals surface area (Å²) < 4.78 is 10.8. The fraction of sp³-hybridized carbons (Fsp3) is 0.836. The lowest BCUT2D eigenvalue weighted by atomic mass is 10.0. The van der Waals surface area contributed by atoms with Crippen LogP contribution in [0.1, 0.15) is 373 Å². The van der Waals surface area contributed by atoms with Crippen molar-refractivity contribution in [1.29, 1.82) is 0 Å². The molecule has 0 saturated heterocycles.